The minimum Gasteiger partial charge on any atom is -0.494 e. The number of ether oxygens (including phenoxy) is 1. The van der Waals surface area contributed by atoms with Crippen molar-refractivity contribution in [3.05, 3.63) is 53.2 Å². The molecule has 0 spiro atoms. The lowest BCUT2D eigenvalue weighted by molar-refractivity contribution is 0.0999. The maximum Gasteiger partial charge on any atom is 0.248 e. The largest absolute Gasteiger partial charge is 0.494 e. The lowest BCUT2D eigenvalue weighted by atomic mass is 9.92. The molecule has 0 unspecified atom stereocenters. The number of primary amides is 1. The monoisotopic (exact) mass is 395 g/mol. The van der Waals surface area contributed by atoms with E-state index in [9.17, 15) is 4.79 Å². The Labute approximate surface area is 174 Å². The highest BCUT2D eigenvalue weighted by atomic mass is 16.5. The third-order valence-corrected chi connectivity index (χ3v) is 5.86. The number of aromatic nitrogens is 1. The molecule has 5 nitrogen and oxygen atoms in total. The topological polar surface area (TPSA) is 68.4 Å². The van der Waals surface area contributed by atoms with E-state index in [1.807, 2.05) is 25.3 Å². The summed E-state index contributed by atoms with van der Waals surface area (Å²) >= 11 is 0. The number of anilines is 1. The van der Waals surface area contributed by atoms with Gasteiger partial charge in [-0.2, -0.15) is 0 Å². The van der Waals surface area contributed by atoms with Crippen molar-refractivity contribution >= 4 is 11.7 Å². The second-order valence-electron chi connectivity index (χ2n) is 8.37. The summed E-state index contributed by atoms with van der Waals surface area (Å²) in [6, 6.07) is 9.81. The molecule has 2 aromatic rings. The molecule has 1 amide bonds. The summed E-state index contributed by atoms with van der Waals surface area (Å²) in [5.41, 5.74) is 8.05. The summed E-state index contributed by atoms with van der Waals surface area (Å²) < 4.78 is 5.86. The Kier molecular flexibility index (Phi) is 7.13. The van der Waals surface area contributed by atoms with Crippen LogP contribution in [0.15, 0.2) is 36.5 Å². The molecule has 2 N–H and O–H groups in total. The third kappa shape index (κ3) is 5.72. The van der Waals surface area contributed by atoms with Gasteiger partial charge < -0.3 is 15.4 Å². The molecule has 1 saturated heterocycles. The minimum absolute atomic E-state index is 0.397. The molecular weight excluding hydrogens is 362 g/mol. The molecule has 3 rings (SSSR count). The Bertz CT molecular complexity index is 809. The van der Waals surface area contributed by atoms with E-state index in [0.29, 0.717) is 18.1 Å². The number of nitrogens with two attached hydrogens (primary N) is 1. The number of benzene rings is 1. The molecule has 0 saturated carbocycles. The Hall–Kier alpha value is -2.56. The van der Waals surface area contributed by atoms with Crippen LogP contribution in [0.3, 0.4) is 0 Å². The minimum atomic E-state index is -0.397. The quantitative estimate of drug-likeness (QED) is 0.659. The van der Waals surface area contributed by atoms with Gasteiger partial charge in [-0.15, -0.1) is 0 Å². The number of carbonyl (C=O) groups is 1. The van der Waals surface area contributed by atoms with E-state index in [2.05, 4.69) is 35.9 Å². The highest BCUT2D eigenvalue weighted by Crippen LogP contribution is 2.26. The second kappa shape index (κ2) is 9.77. The number of carbonyl (C=O) groups excluding carboxylic acids is 1. The van der Waals surface area contributed by atoms with Crippen molar-refractivity contribution in [1.82, 2.24) is 4.98 Å². The van der Waals surface area contributed by atoms with Crippen molar-refractivity contribution in [2.75, 3.05) is 24.6 Å². The van der Waals surface area contributed by atoms with Crippen molar-refractivity contribution in [2.45, 2.75) is 52.4 Å². The predicted octanol–water partition coefficient (Wildman–Crippen LogP) is 4.69. The van der Waals surface area contributed by atoms with Gasteiger partial charge in [0, 0.05) is 24.8 Å². The van der Waals surface area contributed by atoms with Crippen molar-refractivity contribution in [3.63, 3.8) is 0 Å². The highest BCUT2D eigenvalue weighted by molar-refractivity contribution is 5.94. The number of rotatable bonds is 8. The first-order valence-corrected chi connectivity index (χ1v) is 10.7. The van der Waals surface area contributed by atoms with E-state index >= 15 is 0 Å². The van der Waals surface area contributed by atoms with Crippen molar-refractivity contribution in [3.8, 4) is 5.75 Å². The molecule has 29 heavy (non-hydrogen) atoms. The zero-order valence-electron chi connectivity index (χ0n) is 17.9. The van der Waals surface area contributed by atoms with Gasteiger partial charge in [0.15, 0.2) is 0 Å². The maximum absolute atomic E-state index is 11.3. The van der Waals surface area contributed by atoms with Gasteiger partial charge in [0.25, 0.3) is 0 Å². The van der Waals surface area contributed by atoms with Gasteiger partial charge in [0.2, 0.25) is 5.91 Å². The van der Waals surface area contributed by atoms with Crippen molar-refractivity contribution in [1.29, 1.82) is 0 Å². The molecule has 1 aliphatic heterocycles. The molecule has 1 aromatic carbocycles. The van der Waals surface area contributed by atoms with E-state index in [4.69, 9.17) is 10.5 Å². The fourth-order valence-electron chi connectivity index (χ4n) is 3.94. The smallest absolute Gasteiger partial charge is 0.248 e. The Morgan fingerprint density at radius 1 is 1.24 bits per heavy atom. The van der Waals surface area contributed by atoms with Crippen LogP contribution in [-0.2, 0) is 0 Å². The van der Waals surface area contributed by atoms with Crippen molar-refractivity contribution in [2.24, 2.45) is 11.7 Å². The molecule has 0 bridgehead atoms. The normalized spacial score (nSPS) is 15.0. The molecule has 1 aromatic heterocycles. The standard InChI is InChI=1S/C24H33N3O2/c1-17(2)20-6-9-23(26-16-20)27-12-10-19(11-13-27)5-4-14-29-21-7-8-22(24(25)28)18(3)15-21/h6-9,15-17,19H,4-5,10-14H2,1-3H3,(H2,25,28). The van der Waals surface area contributed by atoms with Crippen LogP contribution in [0.4, 0.5) is 5.82 Å². The van der Waals surface area contributed by atoms with E-state index in [0.717, 1.165) is 42.6 Å². The number of nitrogens with zero attached hydrogens (tertiary/aromatic N) is 2. The van der Waals surface area contributed by atoms with Crippen LogP contribution >= 0.6 is 0 Å². The van der Waals surface area contributed by atoms with Crippen molar-refractivity contribution < 1.29 is 9.53 Å². The van der Waals surface area contributed by atoms with Crippen LogP contribution < -0.4 is 15.4 Å². The Balaban J connectivity index is 1.38. The lowest BCUT2D eigenvalue weighted by Gasteiger charge is -2.33. The second-order valence-corrected chi connectivity index (χ2v) is 8.37. The predicted molar refractivity (Wildman–Crippen MR) is 118 cm³/mol. The number of amides is 1. The van der Waals surface area contributed by atoms with Crippen LogP contribution in [0.1, 0.15) is 66.9 Å². The van der Waals surface area contributed by atoms with E-state index in [1.54, 1.807) is 6.07 Å². The first-order valence-electron chi connectivity index (χ1n) is 10.7. The number of aryl methyl sites for hydroxylation is 1. The number of piperidine rings is 1. The summed E-state index contributed by atoms with van der Waals surface area (Å²) in [4.78, 5) is 18.4. The van der Waals surface area contributed by atoms with Gasteiger partial charge in [-0.3, -0.25) is 4.79 Å². The van der Waals surface area contributed by atoms with E-state index < -0.39 is 5.91 Å². The van der Waals surface area contributed by atoms with Crippen LogP contribution in [0.5, 0.6) is 5.75 Å². The van der Waals surface area contributed by atoms with Gasteiger partial charge in [0.1, 0.15) is 11.6 Å². The van der Waals surface area contributed by atoms with Gasteiger partial charge in [-0.25, -0.2) is 4.98 Å². The van der Waals surface area contributed by atoms with Crippen LogP contribution in [0.25, 0.3) is 0 Å². The first-order chi connectivity index (χ1) is 13.9. The van der Waals surface area contributed by atoms with Gasteiger partial charge >= 0.3 is 0 Å². The Morgan fingerprint density at radius 2 is 2.00 bits per heavy atom. The molecule has 0 aliphatic carbocycles. The Morgan fingerprint density at radius 3 is 2.59 bits per heavy atom. The number of pyridine rings is 1. The lowest BCUT2D eigenvalue weighted by Crippen LogP contribution is -2.34. The molecule has 1 fully saturated rings. The molecule has 2 heterocycles. The zero-order valence-corrected chi connectivity index (χ0v) is 17.9. The van der Waals surface area contributed by atoms with Crippen LogP contribution in [-0.4, -0.2) is 30.6 Å². The van der Waals surface area contributed by atoms with Gasteiger partial charge in [-0.1, -0.05) is 19.9 Å². The maximum atomic E-state index is 11.3. The van der Waals surface area contributed by atoms with Crippen LogP contribution in [0.2, 0.25) is 0 Å². The molecule has 0 atom stereocenters. The summed E-state index contributed by atoms with van der Waals surface area (Å²) in [5.74, 6) is 2.79. The highest BCUT2D eigenvalue weighted by Gasteiger charge is 2.20. The molecule has 1 aliphatic rings. The third-order valence-electron chi connectivity index (χ3n) is 5.86. The number of hydrogen-bond acceptors (Lipinski definition) is 4. The molecular formula is C24H33N3O2. The molecule has 5 heteroatoms. The fourth-order valence-corrected chi connectivity index (χ4v) is 3.94. The summed E-state index contributed by atoms with van der Waals surface area (Å²) in [6.45, 7) is 9.13. The molecule has 156 valence electrons. The zero-order chi connectivity index (χ0) is 20.8. The average Bonchev–Trinajstić information content (AvgIpc) is 2.71. The van der Waals surface area contributed by atoms with Crippen LogP contribution in [0, 0.1) is 12.8 Å². The SMILES string of the molecule is Cc1cc(OCCCC2CCN(c3ccc(C(C)C)cn3)CC2)ccc1C(N)=O. The summed E-state index contributed by atoms with van der Waals surface area (Å²) in [5, 5.41) is 0. The molecule has 0 radical (unpaired) electrons. The number of hydrogen-bond donors (Lipinski definition) is 1. The van der Waals surface area contributed by atoms with Gasteiger partial charge in [0.05, 0.1) is 6.61 Å². The van der Waals surface area contributed by atoms with Gasteiger partial charge in [-0.05, 0) is 79.8 Å². The van der Waals surface area contributed by atoms with E-state index in [1.165, 1.54) is 24.8 Å². The fraction of sp³-hybridized carbons (Fsp3) is 0.500. The average molecular weight is 396 g/mol. The van der Waals surface area contributed by atoms with E-state index in [-0.39, 0.29) is 0 Å². The summed E-state index contributed by atoms with van der Waals surface area (Å²) in [7, 11) is 0. The first kappa shape index (κ1) is 21.2. The summed E-state index contributed by atoms with van der Waals surface area (Å²) in [6.07, 6.45) is 6.66.